The van der Waals surface area contributed by atoms with Crippen LogP contribution in [0.4, 0.5) is 5.69 Å². The van der Waals surface area contributed by atoms with E-state index in [0.717, 1.165) is 13.1 Å². The van der Waals surface area contributed by atoms with Crippen molar-refractivity contribution in [1.29, 1.82) is 0 Å². The van der Waals surface area contributed by atoms with Crippen molar-refractivity contribution in [3.8, 4) is 0 Å². The molecule has 17 heavy (non-hydrogen) atoms. The van der Waals surface area contributed by atoms with E-state index in [0.29, 0.717) is 6.04 Å². The zero-order valence-electron chi connectivity index (χ0n) is 11.7. The number of anilines is 1. The Morgan fingerprint density at radius 2 is 1.82 bits per heavy atom. The largest absolute Gasteiger partial charge is 0.373 e. The SMILES string of the molecule is CCCc1ccc(N(C)CCNC(C)C)cc1. The van der Waals surface area contributed by atoms with Crippen molar-refractivity contribution >= 4 is 5.69 Å². The van der Waals surface area contributed by atoms with Gasteiger partial charge in [-0.25, -0.2) is 0 Å². The maximum atomic E-state index is 3.44. The van der Waals surface area contributed by atoms with E-state index in [-0.39, 0.29) is 0 Å². The zero-order chi connectivity index (χ0) is 12.7. The van der Waals surface area contributed by atoms with Crippen molar-refractivity contribution in [2.75, 3.05) is 25.0 Å². The molecule has 0 unspecified atom stereocenters. The molecule has 0 aliphatic carbocycles. The monoisotopic (exact) mass is 234 g/mol. The highest BCUT2D eigenvalue weighted by atomic mass is 15.1. The van der Waals surface area contributed by atoms with E-state index in [1.165, 1.54) is 24.1 Å². The van der Waals surface area contributed by atoms with Gasteiger partial charge in [0.15, 0.2) is 0 Å². The minimum Gasteiger partial charge on any atom is -0.373 e. The summed E-state index contributed by atoms with van der Waals surface area (Å²) in [4.78, 5) is 2.30. The van der Waals surface area contributed by atoms with Crippen LogP contribution >= 0.6 is 0 Å². The summed E-state index contributed by atoms with van der Waals surface area (Å²) in [6, 6.07) is 9.49. The van der Waals surface area contributed by atoms with Gasteiger partial charge in [0.2, 0.25) is 0 Å². The summed E-state index contributed by atoms with van der Waals surface area (Å²) in [5.41, 5.74) is 2.74. The molecule has 0 aliphatic rings. The second kappa shape index (κ2) is 7.33. The second-order valence-corrected chi connectivity index (χ2v) is 4.95. The van der Waals surface area contributed by atoms with E-state index in [1.807, 2.05) is 0 Å². The van der Waals surface area contributed by atoms with Crippen LogP contribution in [0.15, 0.2) is 24.3 Å². The smallest absolute Gasteiger partial charge is 0.0364 e. The van der Waals surface area contributed by atoms with Crippen LogP contribution in [0.3, 0.4) is 0 Å². The molecule has 0 fully saturated rings. The maximum absolute atomic E-state index is 3.44. The number of hydrogen-bond acceptors (Lipinski definition) is 2. The molecule has 0 bridgehead atoms. The van der Waals surface area contributed by atoms with Gasteiger partial charge in [0, 0.05) is 31.9 Å². The lowest BCUT2D eigenvalue weighted by Crippen LogP contribution is -2.32. The molecule has 0 saturated heterocycles. The van der Waals surface area contributed by atoms with E-state index in [4.69, 9.17) is 0 Å². The quantitative estimate of drug-likeness (QED) is 0.780. The number of nitrogens with zero attached hydrogens (tertiary/aromatic N) is 1. The average Bonchev–Trinajstić information content (AvgIpc) is 2.30. The fourth-order valence-electron chi connectivity index (χ4n) is 1.86. The Kier molecular flexibility index (Phi) is 6.06. The molecule has 1 aromatic carbocycles. The molecule has 0 amide bonds. The molecule has 0 heterocycles. The molecule has 1 N–H and O–H groups in total. The fraction of sp³-hybridized carbons (Fsp3) is 0.600. The molecule has 0 saturated carbocycles. The first-order chi connectivity index (χ1) is 8.13. The summed E-state index contributed by atoms with van der Waals surface area (Å²) in [6.45, 7) is 8.66. The third-order valence-electron chi connectivity index (χ3n) is 2.92. The van der Waals surface area contributed by atoms with Crippen LogP contribution < -0.4 is 10.2 Å². The van der Waals surface area contributed by atoms with Crippen molar-refractivity contribution in [2.45, 2.75) is 39.7 Å². The van der Waals surface area contributed by atoms with E-state index >= 15 is 0 Å². The first-order valence-electron chi connectivity index (χ1n) is 6.67. The molecule has 96 valence electrons. The summed E-state index contributed by atoms with van der Waals surface area (Å²) in [7, 11) is 2.15. The summed E-state index contributed by atoms with van der Waals surface area (Å²) in [5.74, 6) is 0. The molecule has 0 aliphatic heterocycles. The lowest BCUT2D eigenvalue weighted by molar-refractivity contribution is 0.589. The topological polar surface area (TPSA) is 15.3 Å². The van der Waals surface area contributed by atoms with Crippen molar-refractivity contribution in [2.24, 2.45) is 0 Å². The lowest BCUT2D eigenvalue weighted by Gasteiger charge is -2.20. The minimum atomic E-state index is 0.565. The molecule has 0 radical (unpaired) electrons. The first-order valence-corrected chi connectivity index (χ1v) is 6.67. The zero-order valence-corrected chi connectivity index (χ0v) is 11.7. The molecule has 2 nitrogen and oxygen atoms in total. The Morgan fingerprint density at radius 1 is 1.18 bits per heavy atom. The Labute approximate surface area is 106 Å². The van der Waals surface area contributed by atoms with Crippen LogP contribution in [-0.4, -0.2) is 26.2 Å². The average molecular weight is 234 g/mol. The molecular formula is C15H26N2. The van der Waals surface area contributed by atoms with Gasteiger partial charge in [-0.05, 0) is 24.1 Å². The predicted octanol–water partition coefficient (Wildman–Crippen LogP) is 3.07. The van der Waals surface area contributed by atoms with Gasteiger partial charge in [0.05, 0.1) is 0 Å². The number of hydrogen-bond donors (Lipinski definition) is 1. The molecular weight excluding hydrogens is 208 g/mol. The number of nitrogens with one attached hydrogen (secondary N) is 1. The van der Waals surface area contributed by atoms with Gasteiger partial charge in [-0.15, -0.1) is 0 Å². The summed E-state index contributed by atoms with van der Waals surface area (Å²) >= 11 is 0. The predicted molar refractivity (Wildman–Crippen MR) is 76.8 cm³/mol. The Hall–Kier alpha value is -1.02. The maximum Gasteiger partial charge on any atom is 0.0364 e. The summed E-state index contributed by atoms with van der Waals surface area (Å²) in [6.07, 6.45) is 2.40. The molecule has 1 aromatic rings. The van der Waals surface area contributed by atoms with Gasteiger partial charge >= 0.3 is 0 Å². The van der Waals surface area contributed by atoms with Gasteiger partial charge in [0.25, 0.3) is 0 Å². The number of rotatable bonds is 7. The molecule has 2 heteroatoms. The second-order valence-electron chi connectivity index (χ2n) is 4.95. The van der Waals surface area contributed by atoms with Crippen LogP contribution in [0.5, 0.6) is 0 Å². The van der Waals surface area contributed by atoms with Gasteiger partial charge in [-0.1, -0.05) is 39.3 Å². The summed E-state index contributed by atoms with van der Waals surface area (Å²) in [5, 5.41) is 3.44. The number of benzene rings is 1. The van der Waals surface area contributed by atoms with Crippen molar-refractivity contribution in [3.05, 3.63) is 29.8 Å². The third-order valence-corrected chi connectivity index (χ3v) is 2.92. The van der Waals surface area contributed by atoms with E-state index in [2.05, 4.69) is 62.3 Å². The van der Waals surface area contributed by atoms with Gasteiger partial charge < -0.3 is 10.2 Å². The van der Waals surface area contributed by atoms with Crippen molar-refractivity contribution in [3.63, 3.8) is 0 Å². The highest BCUT2D eigenvalue weighted by molar-refractivity contribution is 5.46. The summed E-state index contributed by atoms with van der Waals surface area (Å²) < 4.78 is 0. The molecule has 0 spiro atoms. The first kappa shape index (κ1) is 14.0. The number of aryl methyl sites for hydroxylation is 1. The molecule has 1 rings (SSSR count). The highest BCUT2D eigenvalue weighted by Gasteiger charge is 2.01. The van der Waals surface area contributed by atoms with Crippen molar-refractivity contribution < 1.29 is 0 Å². The van der Waals surface area contributed by atoms with Gasteiger partial charge in [-0.3, -0.25) is 0 Å². The molecule has 0 atom stereocenters. The van der Waals surface area contributed by atoms with Crippen LogP contribution in [0.2, 0.25) is 0 Å². The van der Waals surface area contributed by atoms with E-state index in [1.54, 1.807) is 0 Å². The van der Waals surface area contributed by atoms with Gasteiger partial charge in [0.1, 0.15) is 0 Å². The van der Waals surface area contributed by atoms with Crippen LogP contribution in [-0.2, 0) is 6.42 Å². The van der Waals surface area contributed by atoms with Gasteiger partial charge in [-0.2, -0.15) is 0 Å². The van der Waals surface area contributed by atoms with E-state index in [9.17, 15) is 0 Å². The normalized spacial score (nSPS) is 10.9. The van der Waals surface area contributed by atoms with Crippen LogP contribution in [0.1, 0.15) is 32.8 Å². The van der Waals surface area contributed by atoms with Crippen LogP contribution in [0.25, 0.3) is 0 Å². The Bertz CT molecular complexity index is 303. The van der Waals surface area contributed by atoms with Crippen molar-refractivity contribution in [1.82, 2.24) is 5.32 Å². The minimum absolute atomic E-state index is 0.565. The lowest BCUT2D eigenvalue weighted by atomic mass is 10.1. The molecule has 0 aromatic heterocycles. The third kappa shape index (κ3) is 5.22. The van der Waals surface area contributed by atoms with Crippen LogP contribution in [0, 0.1) is 0 Å². The number of likely N-dealkylation sites (N-methyl/N-ethyl adjacent to an activating group) is 1. The Morgan fingerprint density at radius 3 is 2.35 bits per heavy atom. The van der Waals surface area contributed by atoms with E-state index < -0.39 is 0 Å². The Balaban J connectivity index is 2.43. The fourth-order valence-corrected chi connectivity index (χ4v) is 1.86. The highest BCUT2D eigenvalue weighted by Crippen LogP contribution is 2.14. The standard InChI is InChI=1S/C15H26N2/c1-5-6-14-7-9-15(10-8-14)17(4)12-11-16-13(2)3/h7-10,13,16H,5-6,11-12H2,1-4H3.